The van der Waals surface area contributed by atoms with E-state index in [4.69, 9.17) is 22.3 Å². The molecule has 0 aliphatic carbocycles. The van der Waals surface area contributed by atoms with Crippen molar-refractivity contribution >= 4 is 54.6 Å². The molecule has 16 aromatic rings. The van der Waals surface area contributed by atoms with Gasteiger partial charge in [-0.05, 0) is 131 Å². The van der Waals surface area contributed by atoms with Crippen LogP contribution in [0.4, 0.5) is 0 Å². The zero-order valence-electron chi connectivity index (χ0n) is 67.4. The van der Waals surface area contributed by atoms with Crippen LogP contribution in [0.15, 0.2) is 255 Å². The summed E-state index contributed by atoms with van der Waals surface area (Å²) in [6, 6.07) is 91.1. The summed E-state index contributed by atoms with van der Waals surface area (Å²) in [5.74, 6) is 0.507. The van der Waals surface area contributed by atoms with E-state index in [-0.39, 0.29) is 118 Å². The molecule has 103 heavy (non-hydrogen) atoms. The molecule has 16 rings (SSSR count). The summed E-state index contributed by atoms with van der Waals surface area (Å²) in [4.78, 5) is 22.3. The van der Waals surface area contributed by atoms with Gasteiger partial charge >= 0.3 is 0 Å². The maximum absolute atomic E-state index is 8.08. The number of nitrogens with zero attached hydrogens (tertiary/aromatic N) is 7. The van der Waals surface area contributed by atoms with E-state index in [0.717, 1.165) is 88.8 Å². The number of pyridine rings is 5. The van der Waals surface area contributed by atoms with Crippen molar-refractivity contribution in [1.29, 1.82) is 0 Å². The van der Waals surface area contributed by atoms with E-state index in [1.54, 1.807) is 43.3 Å². The van der Waals surface area contributed by atoms with Gasteiger partial charge in [-0.2, -0.15) is 0 Å². The van der Waals surface area contributed by atoms with Crippen LogP contribution in [0.1, 0.15) is 136 Å². The van der Waals surface area contributed by atoms with Crippen molar-refractivity contribution in [2.45, 2.75) is 107 Å². The monoisotopic (exact) mass is 2250 g/mol. The third-order valence-corrected chi connectivity index (χ3v) is 17.3. The Morgan fingerprint density at radius 1 is 0.350 bits per heavy atom. The second-order valence-electron chi connectivity index (χ2n) is 25.3. The first-order chi connectivity index (χ1) is 51.3. The van der Waals surface area contributed by atoms with Crippen LogP contribution in [0.25, 0.3) is 111 Å². The van der Waals surface area contributed by atoms with Crippen LogP contribution in [-0.4, -0.2) is 33.7 Å². The van der Waals surface area contributed by atoms with Gasteiger partial charge in [0.1, 0.15) is 0 Å². The van der Waals surface area contributed by atoms with Crippen molar-refractivity contribution in [3.8, 4) is 56.3 Å². The molecule has 12 heteroatoms. The molecule has 9 aromatic carbocycles. The largest absolute Gasteiger partial charge is 0.333 e. The van der Waals surface area contributed by atoms with Crippen molar-refractivity contribution in [2.24, 2.45) is 0 Å². The Balaban J connectivity index is 0.000000201. The van der Waals surface area contributed by atoms with Gasteiger partial charge in [0.25, 0.3) is 0 Å². The molecule has 0 amide bonds. The molecule has 1 atom stereocenters. The van der Waals surface area contributed by atoms with Crippen LogP contribution < -0.4 is 0 Å². The molecule has 7 nitrogen and oxygen atoms in total. The molecule has 0 fully saturated rings. The Hall–Kier alpha value is -7.90. The summed E-state index contributed by atoms with van der Waals surface area (Å²) in [6.07, 6.45) is 7.16. The minimum absolute atomic E-state index is 0. The number of rotatable bonds is 9. The van der Waals surface area contributed by atoms with Gasteiger partial charge in [-0.25, -0.2) is 0 Å². The molecule has 0 bridgehead atoms. The Morgan fingerprint density at radius 2 is 0.816 bits per heavy atom. The molecule has 531 valence electrons. The van der Waals surface area contributed by atoms with Gasteiger partial charge in [0.15, 0.2) is 0 Å². The third kappa shape index (κ3) is 18.8. The molecule has 0 aliphatic heterocycles. The number of aryl methyl sites for hydroxylation is 4. The molecule has 7 aromatic heterocycles. The van der Waals surface area contributed by atoms with Crippen molar-refractivity contribution in [2.75, 3.05) is 0 Å². The molecular formula is C91H82Ir5N7-5. The molecule has 0 saturated heterocycles. The summed E-state index contributed by atoms with van der Waals surface area (Å²) in [7, 11) is 0. The number of para-hydroxylation sites is 1. The second kappa shape index (κ2) is 38.2. The smallest absolute Gasteiger partial charge is 0.0639 e. The normalized spacial score (nSPS) is 12.6. The molecule has 1 unspecified atom stereocenters. The number of imidazole rings is 2. The average molecular weight is 2240 g/mol. The maximum Gasteiger partial charge on any atom is 0.0639 e. The van der Waals surface area contributed by atoms with Gasteiger partial charge in [-0.1, -0.05) is 174 Å². The van der Waals surface area contributed by atoms with Crippen LogP contribution in [0.5, 0.6) is 0 Å². The molecule has 0 N–H and O–H groups in total. The average Bonchev–Trinajstić information content (AvgIpc) is 1.52. The molecule has 0 spiro atoms. The first-order valence-corrected chi connectivity index (χ1v) is 33.2. The van der Waals surface area contributed by atoms with E-state index in [1.807, 2.05) is 122 Å². The van der Waals surface area contributed by atoms with E-state index < -0.39 is 26.5 Å². The quantitative estimate of drug-likeness (QED) is 0.106. The van der Waals surface area contributed by atoms with Crippen molar-refractivity contribution in [3.05, 3.63) is 330 Å². The van der Waals surface area contributed by atoms with Gasteiger partial charge in [0.05, 0.1) is 22.7 Å². The molecule has 7 heterocycles. The Labute approximate surface area is 688 Å². The van der Waals surface area contributed by atoms with Crippen LogP contribution in [0, 0.1) is 57.9 Å². The fourth-order valence-electron chi connectivity index (χ4n) is 12.6. The number of aromatic nitrogens is 7. The molecule has 0 aliphatic rings. The predicted molar refractivity (Wildman–Crippen MR) is 410 cm³/mol. The van der Waals surface area contributed by atoms with Crippen LogP contribution in [0.2, 0.25) is 0 Å². The van der Waals surface area contributed by atoms with Crippen LogP contribution in [-0.2, 0) is 101 Å². The van der Waals surface area contributed by atoms with Crippen LogP contribution >= 0.6 is 0 Å². The number of hydrogen-bond acceptors (Lipinski definition) is 5. The van der Waals surface area contributed by atoms with E-state index in [2.05, 4.69) is 195 Å². The van der Waals surface area contributed by atoms with Gasteiger partial charge < -0.3 is 23.8 Å². The summed E-state index contributed by atoms with van der Waals surface area (Å²) < 4.78 is 72.3. The Morgan fingerprint density at radius 3 is 1.31 bits per heavy atom. The van der Waals surface area contributed by atoms with Gasteiger partial charge in [-0.3, -0.25) is 9.97 Å². The minimum atomic E-state index is -2.16. The fraction of sp³-hybridized carbons (Fsp3) is 0.176. The Kier molecular flexibility index (Phi) is 25.8. The van der Waals surface area contributed by atoms with E-state index >= 15 is 0 Å². The maximum atomic E-state index is 8.08. The minimum Gasteiger partial charge on any atom is -0.333 e. The summed E-state index contributed by atoms with van der Waals surface area (Å²) >= 11 is 0. The Bertz CT molecular complexity index is 5750. The number of fused-ring (bicyclic) bond motifs is 12. The molecule has 5 radical (unpaired) electrons. The number of hydrogen-bond donors (Lipinski definition) is 0. The zero-order chi connectivity index (χ0) is 75.9. The van der Waals surface area contributed by atoms with E-state index in [9.17, 15) is 0 Å². The zero-order valence-corrected chi connectivity index (χ0v) is 70.3. The summed E-state index contributed by atoms with van der Waals surface area (Å²) in [5, 5.41) is 6.74. The third-order valence-electron chi connectivity index (χ3n) is 17.3. The SMILES string of the molecule is Cc1ccc2c(c1)c1ccc[c-]c1c1ncc(-c3c(C(C)C)cccc3C(C)C)n21.Cc1ccnc(-c2[c-]cccc2)c1.[2H]C([2H])([2H])C(C)c1cccc(C(C)C)c1-c1cnc2c3[c-]cccc3c3ccccc3n12.[2H]C([2H])([2H])c1ccc(-c2[c-]cccc2)nc1.[2H]C([2H])([2H])c1cccc(-c2[c-]cccc2)n1.[Ir].[Ir].[Ir].[Ir].[Ir]. The first kappa shape index (κ1) is 69.5. The topological polar surface area (TPSA) is 73.3 Å². The van der Waals surface area contributed by atoms with Crippen molar-refractivity contribution < 1.29 is 113 Å². The fourth-order valence-corrected chi connectivity index (χ4v) is 12.6. The van der Waals surface area contributed by atoms with Crippen molar-refractivity contribution in [3.63, 3.8) is 0 Å². The second-order valence-corrected chi connectivity index (χ2v) is 25.3. The molecular weight excluding hydrogens is 2150 g/mol. The summed E-state index contributed by atoms with van der Waals surface area (Å²) in [5.41, 5.74) is 21.1. The van der Waals surface area contributed by atoms with Crippen LogP contribution in [0.3, 0.4) is 0 Å². The summed E-state index contributed by atoms with van der Waals surface area (Å²) in [6.45, 7) is 13.1. The van der Waals surface area contributed by atoms with E-state index in [1.165, 1.54) is 62.1 Å². The van der Waals surface area contributed by atoms with Gasteiger partial charge in [0, 0.05) is 166 Å². The first-order valence-electron chi connectivity index (χ1n) is 37.7. The number of benzene rings is 9. The van der Waals surface area contributed by atoms with Gasteiger partial charge in [0.2, 0.25) is 0 Å². The predicted octanol–water partition coefficient (Wildman–Crippen LogP) is 23.6. The van der Waals surface area contributed by atoms with E-state index in [0.29, 0.717) is 17.5 Å². The van der Waals surface area contributed by atoms with Crippen molar-refractivity contribution in [1.82, 2.24) is 33.7 Å². The molecule has 0 saturated carbocycles. The van der Waals surface area contributed by atoms with Gasteiger partial charge in [-0.15, -0.1) is 167 Å². The standard InChI is InChI=1S/C28H27N2.C27H25N2.3C12H10N.5Ir/c1-17(2)20-11-8-12-21(18(3)4)27(20)26-16-29-28-23-10-7-6-9-22(23)24-15-19(5)13-14-25(24)30(26)28;1-17(2)19-13-9-14-20(18(3)4)26(19)25-16-28-27-23-12-6-5-10-21(23)22-11-7-8-15-24(22)29(25)27;1-10-6-5-9-12(13-10)11-7-3-2-4-8-11;1-10-7-8-13-12(9-10)11-5-3-2-4-6-11;1-10-7-8-12(13-9-10)11-5-3-2-4-6-11;;;;;/h6-9,11-18H,1-5H3;5-11,13-18H,1-4H3;2-7,9H,1H3;2*2-5,7-9H,1H3;;;;;/q5*-1;;;;;/i;2*1D3;;1D3;;;;;.